The summed E-state index contributed by atoms with van der Waals surface area (Å²) in [4.78, 5) is 0. The number of hydrogen-bond acceptors (Lipinski definition) is 2. The molecule has 1 rings (SSSR count). The van der Waals surface area contributed by atoms with E-state index >= 15 is 0 Å². The first-order chi connectivity index (χ1) is 7.45. The molecule has 2 N–H and O–H groups in total. The summed E-state index contributed by atoms with van der Waals surface area (Å²) in [7, 11) is 1.74. The van der Waals surface area contributed by atoms with Crippen LogP contribution in [0.2, 0.25) is 0 Å². The first-order valence-corrected chi connectivity index (χ1v) is 5.88. The predicted octanol–water partition coefficient (Wildman–Crippen LogP) is 3.02. The van der Waals surface area contributed by atoms with E-state index in [0.717, 1.165) is 12.2 Å². The smallest absolute Gasteiger partial charge is 0.125 e. The molecule has 2 nitrogen and oxygen atoms in total. The molecule has 0 radical (unpaired) electrons. The number of aryl methyl sites for hydroxylation is 1. The van der Waals surface area contributed by atoms with E-state index in [9.17, 15) is 0 Å². The van der Waals surface area contributed by atoms with Crippen molar-refractivity contribution in [3.05, 3.63) is 28.8 Å². The summed E-state index contributed by atoms with van der Waals surface area (Å²) in [5.74, 6) is 1.49. The van der Waals surface area contributed by atoms with E-state index in [-0.39, 0.29) is 6.04 Å². The van der Waals surface area contributed by atoms with Crippen molar-refractivity contribution in [3.63, 3.8) is 0 Å². The first kappa shape index (κ1) is 13.0. The molecule has 0 bridgehead atoms. The Hall–Kier alpha value is -1.02. The van der Waals surface area contributed by atoms with Crippen LogP contribution in [0.3, 0.4) is 0 Å². The van der Waals surface area contributed by atoms with Gasteiger partial charge in [0.2, 0.25) is 0 Å². The summed E-state index contributed by atoms with van der Waals surface area (Å²) in [5, 5.41) is 0. The fourth-order valence-corrected chi connectivity index (χ4v) is 2.08. The van der Waals surface area contributed by atoms with E-state index in [0.29, 0.717) is 5.92 Å². The highest BCUT2D eigenvalue weighted by Crippen LogP contribution is 2.31. The summed E-state index contributed by atoms with van der Waals surface area (Å²) in [5.41, 5.74) is 9.62. The maximum absolute atomic E-state index is 5.84. The number of hydrogen-bond donors (Lipinski definition) is 1. The van der Waals surface area contributed by atoms with Crippen LogP contribution in [-0.2, 0) is 6.42 Å². The minimum Gasteiger partial charge on any atom is -0.496 e. The molecule has 1 atom stereocenters. The van der Waals surface area contributed by atoms with Crippen LogP contribution in [0.5, 0.6) is 5.75 Å². The van der Waals surface area contributed by atoms with Crippen molar-refractivity contribution >= 4 is 0 Å². The van der Waals surface area contributed by atoms with Gasteiger partial charge in [0.15, 0.2) is 0 Å². The Kier molecular flexibility index (Phi) is 4.36. The lowest BCUT2D eigenvalue weighted by Crippen LogP contribution is -2.18. The van der Waals surface area contributed by atoms with Crippen LogP contribution >= 0.6 is 0 Å². The van der Waals surface area contributed by atoms with Crippen LogP contribution in [0.25, 0.3) is 0 Å². The number of methoxy groups -OCH3 is 1. The Bertz CT molecular complexity index is 356. The monoisotopic (exact) mass is 221 g/mol. The second-order valence-corrected chi connectivity index (χ2v) is 4.87. The zero-order valence-corrected chi connectivity index (χ0v) is 11.0. The van der Waals surface area contributed by atoms with E-state index in [1.807, 2.05) is 6.92 Å². The third kappa shape index (κ3) is 2.99. The third-order valence-corrected chi connectivity index (χ3v) is 2.75. The molecule has 1 unspecified atom stereocenters. The number of rotatable bonds is 4. The quantitative estimate of drug-likeness (QED) is 0.848. The maximum Gasteiger partial charge on any atom is 0.125 e. The zero-order valence-electron chi connectivity index (χ0n) is 11.0. The van der Waals surface area contributed by atoms with Crippen LogP contribution in [0, 0.1) is 6.92 Å². The number of ether oxygens (including phenoxy) is 1. The van der Waals surface area contributed by atoms with E-state index in [1.165, 1.54) is 16.7 Å². The summed E-state index contributed by atoms with van der Waals surface area (Å²) in [6.45, 7) is 8.50. The van der Waals surface area contributed by atoms with Crippen LogP contribution in [0.1, 0.15) is 43.4 Å². The van der Waals surface area contributed by atoms with Crippen molar-refractivity contribution in [2.24, 2.45) is 5.73 Å². The molecule has 1 aromatic carbocycles. The predicted molar refractivity (Wildman–Crippen MR) is 69.2 cm³/mol. The molecular weight excluding hydrogens is 198 g/mol. The van der Waals surface area contributed by atoms with Gasteiger partial charge in [0.25, 0.3) is 0 Å². The Morgan fingerprint density at radius 1 is 1.25 bits per heavy atom. The van der Waals surface area contributed by atoms with Gasteiger partial charge in [-0.3, -0.25) is 0 Å². The first-order valence-electron chi connectivity index (χ1n) is 5.88. The van der Waals surface area contributed by atoms with E-state index < -0.39 is 0 Å². The van der Waals surface area contributed by atoms with Gasteiger partial charge in [-0.1, -0.05) is 26.0 Å². The Morgan fingerprint density at radius 3 is 2.31 bits per heavy atom. The molecule has 0 aliphatic heterocycles. The lowest BCUT2D eigenvalue weighted by molar-refractivity contribution is 0.404. The molecule has 16 heavy (non-hydrogen) atoms. The summed E-state index contributed by atoms with van der Waals surface area (Å²) in [6.07, 6.45) is 0.921. The highest BCUT2D eigenvalue weighted by atomic mass is 16.5. The lowest BCUT2D eigenvalue weighted by Gasteiger charge is -2.17. The Labute approximate surface area is 98.8 Å². The van der Waals surface area contributed by atoms with Crippen LogP contribution < -0.4 is 10.5 Å². The van der Waals surface area contributed by atoms with Gasteiger partial charge in [-0.15, -0.1) is 0 Å². The SMILES string of the molecule is COc1c(C)cc(CC(C)N)cc1C(C)C. The molecule has 0 heterocycles. The minimum atomic E-state index is 0.202. The highest BCUT2D eigenvalue weighted by Gasteiger charge is 2.12. The summed E-state index contributed by atoms with van der Waals surface area (Å²) in [6, 6.07) is 4.60. The van der Waals surface area contributed by atoms with Crippen molar-refractivity contribution in [1.82, 2.24) is 0 Å². The molecule has 0 aliphatic carbocycles. The molecular formula is C14H23NO. The molecule has 0 spiro atoms. The molecule has 0 aliphatic rings. The maximum atomic E-state index is 5.84. The fourth-order valence-electron chi connectivity index (χ4n) is 2.08. The fraction of sp³-hybridized carbons (Fsp3) is 0.571. The van der Waals surface area contributed by atoms with Crippen molar-refractivity contribution in [2.75, 3.05) is 7.11 Å². The van der Waals surface area contributed by atoms with E-state index in [2.05, 4.69) is 32.9 Å². The van der Waals surface area contributed by atoms with E-state index in [1.54, 1.807) is 7.11 Å². The molecule has 0 amide bonds. The molecule has 0 aromatic heterocycles. The molecule has 0 fully saturated rings. The van der Waals surface area contributed by atoms with Gasteiger partial charge in [0.05, 0.1) is 7.11 Å². The Balaban J connectivity index is 3.17. The number of benzene rings is 1. The van der Waals surface area contributed by atoms with Gasteiger partial charge in [-0.25, -0.2) is 0 Å². The molecule has 1 aromatic rings. The standard InChI is InChI=1S/C14H23NO/c1-9(2)13-8-12(7-11(4)15)6-10(3)14(13)16-5/h6,8-9,11H,7,15H2,1-5H3. The number of nitrogens with two attached hydrogens (primary N) is 1. The second kappa shape index (κ2) is 5.35. The average molecular weight is 221 g/mol. The highest BCUT2D eigenvalue weighted by molar-refractivity contribution is 5.45. The molecule has 0 saturated carbocycles. The van der Waals surface area contributed by atoms with Gasteiger partial charge >= 0.3 is 0 Å². The lowest BCUT2D eigenvalue weighted by atomic mass is 9.94. The normalized spacial score (nSPS) is 12.9. The van der Waals surface area contributed by atoms with Gasteiger partial charge in [-0.05, 0) is 42.9 Å². The third-order valence-electron chi connectivity index (χ3n) is 2.75. The van der Waals surface area contributed by atoms with Gasteiger partial charge in [0.1, 0.15) is 5.75 Å². The zero-order chi connectivity index (χ0) is 12.3. The second-order valence-electron chi connectivity index (χ2n) is 4.87. The minimum absolute atomic E-state index is 0.202. The average Bonchev–Trinajstić information content (AvgIpc) is 2.15. The van der Waals surface area contributed by atoms with Crippen molar-refractivity contribution in [3.8, 4) is 5.75 Å². The van der Waals surface area contributed by atoms with Crippen molar-refractivity contribution in [1.29, 1.82) is 0 Å². The van der Waals surface area contributed by atoms with Gasteiger partial charge in [-0.2, -0.15) is 0 Å². The van der Waals surface area contributed by atoms with Crippen LogP contribution in [-0.4, -0.2) is 13.2 Å². The topological polar surface area (TPSA) is 35.2 Å². The van der Waals surface area contributed by atoms with E-state index in [4.69, 9.17) is 10.5 Å². The van der Waals surface area contributed by atoms with Crippen molar-refractivity contribution in [2.45, 2.75) is 46.1 Å². The van der Waals surface area contributed by atoms with Gasteiger partial charge < -0.3 is 10.5 Å². The van der Waals surface area contributed by atoms with Crippen molar-refractivity contribution < 1.29 is 4.74 Å². The molecule has 2 heteroatoms. The summed E-state index contributed by atoms with van der Waals surface area (Å²) < 4.78 is 5.47. The van der Waals surface area contributed by atoms with Gasteiger partial charge in [0, 0.05) is 6.04 Å². The molecule has 90 valence electrons. The summed E-state index contributed by atoms with van der Waals surface area (Å²) >= 11 is 0. The van der Waals surface area contributed by atoms with Crippen LogP contribution in [0.15, 0.2) is 12.1 Å². The molecule has 0 saturated heterocycles. The largest absolute Gasteiger partial charge is 0.496 e. The Morgan fingerprint density at radius 2 is 1.88 bits per heavy atom. The van der Waals surface area contributed by atoms with Crippen LogP contribution in [0.4, 0.5) is 0 Å².